The summed E-state index contributed by atoms with van der Waals surface area (Å²) in [5.74, 6) is -1.41. The van der Waals surface area contributed by atoms with Crippen LogP contribution in [0, 0.1) is 13.8 Å². The van der Waals surface area contributed by atoms with E-state index in [4.69, 9.17) is 4.74 Å². The van der Waals surface area contributed by atoms with Gasteiger partial charge in [0.2, 0.25) is 0 Å². The van der Waals surface area contributed by atoms with E-state index in [1.165, 1.54) is 4.90 Å². The number of aryl methyl sites for hydroxylation is 2. The lowest BCUT2D eigenvalue weighted by Gasteiger charge is -2.25. The molecule has 1 fully saturated rings. The Bertz CT molecular complexity index is 947. The summed E-state index contributed by atoms with van der Waals surface area (Å²) in [6, 6.07) is 14.4. The Morgan fingerprint density at radius 2 is 1.79 bits per heavy atom. The standard InChI is InChI=1S/C24H27NO4/c1-15(2)29-13-12-25-21(18-8-6-5-7-9-18)20(23(27)24(25)28)22(26)19-14-16(3)10-11-17(19)4/h5-11,14-15,21,26H,12-13H2,1-4H3/b22-20+. The number of ether oxygens (including phenoxy) is 1. The minimum atomic E-state index is -0.665. The van der Waals surface area contributed by atoms with Crippen LogP contribution in [0.15, 0.2) is 54.1 Å². The number of hydrogen-bond donors (Lipinski definition) is 1. The normalized spacial score (nSPS) is 18.7. The van der Waals surface area contributed by atoms with E-state index < -0.39 is 17.7 Å². The summed E-state index contributed by atoms with van der Waals surface area (Å²) in [6.07, 6.45) is 0.0249. The van der Waals surface area contributed by atoms with Crippen LogP contribution in [0.3, 0.4) is 0 Å². The molecule has 29 heavy (non-hydrogen) atoms. The summed E-state index contributed by atoms with van der Waals surface area (Å²) in [7, 11) is 0. The van der Waals surface area contributed by atoms with Gasteiger partial charge in [-0.15, -0.1) is 0 Å². The van der Waals surface area contributed by atoms with Crippen LogP contribution in [0.5, 0.6) is 0 Å². The maximum atomic E-state index is 13.0. The molecule has 1 unspecified atom stereocenters. The van der Waals surface area contributed by atoms with Crippen molar-refractivity contribution in [2.24, 2.45) is 0 Å². The van der Waals surface area contributed by atoms with E-state index in [0.29, 0.717) is 12.2 Å². The molecule has 0 spiro atoms. The number of amides is 1. The van der Waals surface area contributed by atoms with Gasteiger partial charge in [-0.3, -0.25) is 9.59 Å². The molecule has 0 bridgehead atoms. The van der Waals surface area contributed by atoms with Crippen LogP contribution < -0.4 is 0 Å². The van der Waals surface area contributed by atoms with Crippen LogP contribution in [0.1, 0.15) is 42.1 Å². The molecule has 5 heteroatoms. The molecule has 0 radical (unpaired) electrons. The molecule has 152 valence electrons. The van der Waals surface area contributed by atoms with Gasteiger partial charge in [-0.05, 0) is 44.9 Å². The molecule has 1 aliphatic rings. The number of carbonyl (C=O) groups is 2. The summed E-state index contributed by atoms with van der Waals surface area (Å²) in [6.45, 7) is 8.22. The van der Waals surface area contributed by atoms with Crippen LogP contribution >= 0.6 is 0 Å². The van der Waals surface area contributed by atoms with Gasteiger partial charge in [0.15, 0.2) is 0 Å². The first kappa shape index (κ1) is 20.8. The molecule has 1 N–H and O–H groups in total. The topological polar surface area (TPSA) is 66.8 Å². The molecule has 0 aliphatic carbocycles. The minimum absolute atomic E-state index is 0.0249. The zero-order valence-electron chi connectivity index (χ0n) is 17.3. The van der Waals surface area contributed by atoms with Crippen molar-refractivity contribution in [3.63, 3.8) is 0 Å². The number of ketones is 1. The second kappa shape index (κ2) is 8.62. The highest BCUT2D eigenvalue weighted by Crippen LogP contribution is 2.39. The Balaban J connectivity index is 2.12. The predicted octanol–water partition coefficient (Wildman–Crippen LogP) is 4.15. The Morgan fingerprint density at radius 1 is 1.10 bits per heavy atom. The Hall–Kier alpha value is -2.92. The van der Waals surface area contributed by atoms with E-state index in [2.05, 4.69) is 0 Å². The van der Waals surface area contributed by atoms with Crippen LogP contribution in [-0.4, -0.2) is 41.0 Å². The zero-order chi connectivity index (χ0) is 21.1. The first-order chi connectivity index (χ1) is 13.8. The smallest absolute Gasteiger partial charge is 0.295 e. The van der Waals surface area contributed by atoms with Gasteiger partial charge in [-0.2, -0.15) is 0 Å². The molecule has 2 aromatic rings. The van der Waals surface area contributed by atoms with Crippen molar-refractivity contribution in [2.75, 3.05) is 13.2 Å². The number of aliphatic hydroxyl groups excluding tert-OH is 1. The van der Waals surface area contributed by atoms with Crippen molar-refractivity contribution in [3.8, 4) is 0 Å². The van der Waals surface area contributed by atoms with Gasteiger partial charge in [-0.1, -0.05) is 48.0 Å². The molecule has 3 rings (SSSR count). The van der Waals surface area contributed by atoms with E-state index in [9.17, 15) is 14.7 Å². The van der Waals surface area contributed by atoms with Gasteiger partial charge >= 0.3 is 0 Å². The first-order valence-corrected chi connectivity index (χ1v) is 9.84. The largest absolute Gasteiger partial charge is 0.507 e. The van der Waals surface area contributed by atoms with E-state index in [-0.39, 0.29) is 24.0 Å². The van der Waals surface area contributed by atoms with Gasteiger partial charge in [0.25, 0.3) is 11.7 Å². The van der Waals surface area contributed by atoms with E-state index in [1.807, 2.05) is 76.2 Å². The zero-order valence-corrected chi connectivity index (χ0v) is 17.3. The summed E-state index contributed by atoms with van der Waals surface area (Å²) < 4.78 is 5.60. The molecule has 2 aromatic carbocycles. The van der Waals surface area contributed by atoms with Crippen LogP contribution in [0.2, 0.25) is 0 Å². The third kappa shape index (κ3) is 4.25. The van der Waals surface area contributed by atoms with E-state index >= 15 is 0 Å². The van der Waals surface area contributed by atoms with Crippen LogP contribution in [-0.2, 0) is 14.3 Å². The molecule has 0 aromatic heterocycles. The van der Waals surface area contributed by atoms with Gasteiger partial charge in [-0.25, -0.2) is 0 Å². The fourth-order valence-electron chi connectivity index (χ4n) is 3.62. The third-order valence-electron chi connectivity index (χ3n) is 5.09. The molecule has 5 nitrogen and oxygen atoms in total. The van der Waals surface area contributed by atoms with Gasteiger partial charge < -0.3 is 14.7 Å². The average molecular weight is 393 g/mol. The lowest BCUT2D eigenvalue weighted by Crippen LogP contribution is -2.33. The SMILES string of the molecule is Cc1ccc(C)c(/C(O)=C2\C(=O)C(=O)N(CCOC(C)C)C2c2ccccc2)c1. The Morgan fingerprint density at radius 3 is 2.45 bits per heavy atom. The molecule has 1 saturated heterocycles. The number of aliphatic hydroxyl groups is 1. The molecule has 1 amide bonds. The highest BCUT2D eigenvalue weighted by molar-refractivity contribution is 6.46. The van der Waals surface area contributed by atoms with Crippen molar-refractivity contribution >= 4 is 17.4 Å². The summed E-state index contributed by atoms with van der Waals surface area (Å²) in [4.78, 5) is 27.3. The number of Topliss-reactive ketones (excluding diaryl/α,β-unsaturated/α-hetero) is 1. The van der Waals surface area contributed by atoms with Crippen LogP contribution in [0.25, 0.3) is 5.76 Å². The summed E-state index contributed by atoms with van der Waals surface area (Å²) in [5, 5.41) is 11.1. The highest BCUT2D eigenvalue weighted by atomic mass is 16.5. The van der Waals surface area contributed by atoms with Gasteiger partial charge in [0, 0.05) is 12.1 Å². The number of nitrogens with zero attached hydrogens (tertiary/aromatic N) is 1. The lowest BCUT2D eigenvalue weighted by atomic mass is 9.93. The van der Waals surface area contributed by atoms with E-state index in [0.717, 1.165) is 16.7 Å². The number of benzene rings is 2. The number of likely N-dealkylation sites (tertiary alicyclic amines) is 1. The fraction of sp³-hybridized carbons (Fsp3) is 0.333. The molecule has 0 saturated carbocycles. The van der Waals surface area contributed by atoms with Crippen molar-refractivity contribution in [1.29, 1.82) is 0 Å². The maximum Gasteiger partial charge on any atom is 0.295 e. The molecule has 1 atom stereocenters. The minimum Gasteiger partial charge on any atom is -0.507 e. The highest BCUT2D eigenvalue weighted by Gasteiger charge is 2.45. The van der Waals surface area contributed by atoms with Gasteiger partial charge in [0.05, 0.1) is 24.3 Å². The van der Waals surface area contributed by atoms with Crippen LogP contribution in [0.4, 0.5) is 0 Å². The Labute approximate surface area is 171 Å². The first-order valence-electron chi connectivity index (χ1n) is 9.84. The molecular formula is C24H27NO4. The predicted molar refractivity (Wildman–Crippen MR) is 112 cm³/mol. The van der Waals surface area contributed by atoms with Crippen molar-refractivity contribution < 1.29 is 19.4 Å². The van der Waals surface area contributed by atoms with Crippen molar-refractivity contribution in [3.05, 3.63) is 76.4 Å². The number of rotatable bonds is 6. The summed E-state index contributed by atoms with van der Waals surface area (Å²) in [5.41, 5.74) is 3.28. The van der Waals surface area contributed by atoms with Crippen molar-refractivity contribution in [2.45, 2.75) is 39.8 Å². The van der Waals surface area contributed by atoms with E-state index in [1.54, 1.807) is 0 Å². The quantitative estimate of drug-likeness (QED) is 0.455. The fourth-order valence-corrected chi connectivity index (χ4v) is 3.62. The number of hydrogen-bond acceptors (Lipinski definition) is 4. The third-order valence-corrected chi connectivity index (χ3v) is 5.09. The van der Waals surface area contributed by atoms with Crippen molar-refractivity contribution in [1.82, 2.24) is 4.90 Å². The summed E-state index contributed by atoms with van der Waals surface area (Å²) >= 11 is 0. The molecular weight excluding hydrogens is 366 g/mol. The monoisotopic (exact) mass is 393 g/mol. The Kier molecular flexibility index (Phi) is 6.18. The molecule has 1 aliphatic heterocycles. The second-order valence-electron chi connectivity index (χ2n) is 7.64. The maximum absolute atomic E-state index is 13.0. The molecule has 1 heterocycles. The lowest BCUT2D eigenvalue weighted by molar-refractivity contribution is -0.140. The second-order valence-corrected chi connectivity index (χ2v) is 7.64. The average Bonchev–Trinajstić information content (AvgIpc) is 2.94. The van der Waals surface area contributed by atoms with Gasteiger partial charge in [0.1, 0.15) is 5.76 Å². The number of carbonyl (C=O) groups excluding carboxylic acids is 2.